The van der Waals surface area contributed by atoms with Crippen molar-refractivity contribution in [1.29, 1.82) is 0 Å². The average Bonchev–Trinajstić information content (AvgIpc) is 2.83. The van der Waals surface area contributed by atoms with Crippen molar-refractivity contribution in [1.82, 2.24) is 5.32 Å². The van der Waals surface area contributed by atoms with E-state index in [0.29, 0.717) is 16.3 Å². The number of hydrogen-bond donors (Lipinski definition) is 2. The van der Waals surface area contributed by atoms with Crippen LogP contribution in [0, 0.1) is 6.92 Å². The number of benzene rings is 1. The van der Waals surface area contributed by atoms with Gasteiger partial charge in [-0.2, -0.15) is 0 Å². The van der Waals surface area contributed by atoms with Gasteiger partial charge in [0.25, 0.3) is 5.91 Å². The minimum absolute atomic E-state index is 0.128. The molecular weight excluding hydrogens is 280 g/mol. The lowest BCUT2D eigenvalue weighted by Crippen LogP contribution is -2.37. The molecule has 0 saturated carbocycles. The van der Waals surface area contributed by atoms with Crippen molar-refractivity contribution in [2.24, 2.45) is 5.73 Å². The van der Waals surface area contributed by atoms with E-state index >= 15 is 0 Å². The third kappa shape index (κ3) is 3.19. The molecule has 0 spiro atoms. The van der Waals surface area contributed by atoms with Gasteiger partial charge in [0.2, 0.25) is 5.91 Å². The Morgan fingerprint density at radius 1 is 1.20 bits per heavy atom. The average molecular weight is 293 g/mol. The van der Waals surface area contributed by atoms with E-state index in [4.69, 9.17) is 21.8 Å². The Labute approximate surface area is 120 Å². The van der Waals surface area contributed by atoms with Gasteiger partial charge in [0.15, 0.2) is 5.76 Å². The van der Waals surface area contributed by atoms with Crippen molar-refractivity contribution in [3.05, 3.63) is 58.5 Å². The SMILES string of the molecule is Cc1ccc(C(=O)NC(C(N)=O)c2ccc(Cl)cc2)o1. The van der Waals surface area contributed by atoms with Gasteiger partial charge in [0, 0.05) is 5.02 Å². The highest BCUT2D eigenvalue weighted by Gasteiger charge is 2.22. The maximum atomic E-state index is 12.0. The highest BCUT2D eigenvalue weighted by atomic mass is 35.5. The standard InChI is InChI=1S/C14H13ClN2O3/c1-8-2-7-11(20-8)14(19)17-12(13(16)18)9-3-5-10(15)6-4-9/h2-7,12H,1H3,(H2,16,18)(H,17,19). The van der Waals surface area contributed by atoms with Crippen molar-refractivity contribution >= 4 is 23.4 Å². The minimum Gasteiger partial charge on any atom is -0.456 e. The van der Waals surface area contributed by atoms with Gasteiger partial charge in [-0.15, -0.1) is 0 Å². The van der Waals surface area contributed by atoms with Crippen molar-refractivity contribution in [3.63, 3.8) is 0 Å². The van der Waals surface area contributed by atoms with Crippen LogP contribution in [0.25, 0.3) is 0 Å². The van der Waals surface area contributed by atoms with Crippen molar-refractivity contribution in [3.8, 4) is 0 Å². The topological polar surface area (TPSA) is 85.3 Å². The molecule has 2 aromatic rings. The summed E-state index contributed by atoms with van der Waals surface area (Å²) in [5, 5.41) is 3.06. The number of amides is 2. The molecule has 0 aliphatic rings. The van der Waals surface area contributed by atoms with Crippen molar-refractivity contribution < 1.29 is 14.0 Å². The van der Waals surface area contributed by atoms with E-state index < -0.39 is 17.9 Å². The summed E-state index contributed by atoms with van der Waals surface area (Å²) >= 11 is 5.78. The summed E-state index contributed by atoms with van der Waals surface area (Å²) in [6.07, 6.45) is 0. The zero-order chi connectivity index (χ0) is 14.7. The van der Waals surface area contributed by atoms with E-state index in [2.05, 4.69) is 5.32 Å². The molecule has 0 fully saturated rings. The molecule has 2 amide bonds. The van der Waals surface area contributed by atoms with Gasteiger partial charge < -0.3 is 15.5 Å². The van der Waals surface area contributed by atoms with Crippen LogP contribution in [0.4, 0.5) is 0 Å². The maximum Gasteiger partial charge on any atom is 0.287 e. The Kier molecular flexibility index (Phi) is 4.10. The Balaban J connectivity index is 2.20. The summed E-state index contributed by atoms with van der Waals surface area (Å²) < 4.78 is 5.20. The number of rotatable bonds is 4. The van der Waals surface area contributed by atoms with E-state index in [0.717, 1.165) is 0 Å². The van der Waals surface area contributed by atoms with Gasteiger partial charge in [-0.1, -0.05) is 23.7 Å². The van der Waals surface area contributed by atoms with E-state index in [1.54, 1.807) is 37.3 Å². The van der Waals surface area contributed by atoms with E-state index in [1.165, 1.54) is 6.07 Å². The van der Waals surface area contributed by atoms with Crippen LogP contribution in [0.15, 0.2) is 40.8 Å². The first kappa shape index (κ1) is 14.1. The van der Waals surface area contributed by atoms with Crippen LogP contribution in [-0.4, -0.2) is 11.8 Å². The van der Waals surface area contributed by atoms with Crippen LogP contribution in [0.1, 0.15) is 27.9 Å². The molecule has 1 aromatic carbocycles. The normalized spacial score (nSPS) is 11.9. The smallest absolute Gasteiger partial charge is 0.287 e. The lowest BCUT2D eigenvalue weighted by molar-refractivity contribution is -0.120. The molecule has 1 aromatic heterocycles. The van der Waals surface area contributed by atoms with E-state index in [9.17, 15) is 9.59 Å². The first-order chi connectivity index (χ1) is 9.47. The molecule has 0 radical (unpaired) electrons. The largest absolute Gasteiger partial charge is 0.456 e. The Morgan fingerprint density at radius 3 is 2.35 bits per heavy atom. The summed E-state index contributed by atoms with van der Waals surface area (Å²) in [5.41, 5.74) is 5.88. The fraction of sp³-hybridized carbons (Fsp3) is 0.143. The second kappa shape index (κ2) is 5.79. The van der Waals surface area contributed by atoms with Gasteiger partial charge in [-0.05, 0) is 36.8 Å². The molecular formula is C14H13ClN2O3. The summed E-state index contributed by atoms with van der Waals surface area (Å²) in [4.78, 5) is 23.5. The molecule has 5 nitrogen and oxygen atoms in total. The lowest BCUT2D eigenvalue weighted by Gasteiger charge is -2.15. The molecule has 6 heteroatoms. The molecule has 1 unspecified atom stereocenters. The summed E-state index contributed by atoms with van der Waals surface area (Å²) in [6, 6.07) is 8.76. The highest BCUT2D eigenvalue weighted by molar-refractivity contribution is 6.30. The molecule has 1 heterocycles. The molecule has 20 heavy (non-hydrogen) atoms. The highest BCUT2D eigenvalue weighted by Crippen LogP contribution is 2.17. The number of aryl methyl sites for hydroxylation is 1. The Bertz CT molecular complexity index is 634. The van der Waals surface area contributed by atoms with E-state index in [1.807, 2.05) is 0 Å². The number of hydrogen-bond acceptors (Lipinski definition) is 3. The van der Waals surface area contributed by atoms with Crippen LogP contribution >= 0.6 is 11.6 Å². The number of nitrogens with two attached hydrogens (primary N) is 1. The number of nitrogens with one attached hydrogen (secondary N) is 1. The van der Waals surface area contributed by atoms with Crippen LogP contribution in [-0.2, 0) is 4.79 Å². The third-order valence-electron chi connectivity index (χ3n) is 2.73. The third-order valence-corrected chi connectivity index (χ3v) is 2.98. The lowest BCUT2D eigenvalue weighted by atomic mass is 10.1. The molecule has 2 rings (SSSR count). The molecule has 1 atom stereocenters. The number of primary amides is 1. The van der Waals surface area contributed by atoms with E-state index in [-0.39, 0.29) is 5.76 Å². The zero-order valence-corrected chi connectivity index (χ0v) is 11.5. The summed E-state index contributed by atoms with van der Waals surface area (Å²) in [7, 11) is 0. The Morgan fingerprint density at radius 2 is 1.85 bits per heavy atom. The minimum atomic E-state index is -0.940. The number of carbonyl (C=O) groups excluding carboxylic acids is 2. The quantitative estimate of drug-likeness (QED) is 0.906. The molecule has 0 saturated heterocycles. The number of furan rings is 1. The van der Waals surface area contributed by atoms with Crippen LogP contribution in [0.5, 0.6) is 0 Å². The van der Waals surface area contributed by atoms with Gasteiger partial charge in [-0.25, -0.2) is 0 Å². The van der Waals surface area contributed by atoms with Gasteiger partial charge in [0.1, 0.15) is 11.8 Å². The van der Waals surface area contributed by atoms with Gasteiger partial charge >= 0.3 is 0 Å². The second-order valence-corrected chi connectivity index (χ2v) is 4.71. The predicted molar refractivity (Wildman–Crippen MR) is 74.3 cm³/mol. The molecule has 0 aliphatic heterocycles. The molecule has 104 valence electrons. The number of carbonyl (C=O) groups is 2. The van der Waals surface area contributed by atoms with Gasteiger partial charge in [0.05, 0.1) is 0 Å². The molecule has 0 bridgehead atoms. The van der Waals surface area contributed by atoms with Crippen LogP contribution < -0.4 is 11.1 Å². The zero-order valence-electron chi connectivity index (χ0n) is 10.7. The van der Waals surface area contributed by atoms with Crippen LogP contribution in [0.3, 0.4) is 0 Å². The molecule has 3 N–H and O–H groups in total. The summed E-state index contributed by atoms with van der Waals surface area (Å²) in [6.45, 7) is 1.72. The van der Waals surface area contributed by atoms with Crippen LogP contribution in [0.2, 0.25) is 5.02 Å². The maximum absolute atomic E-state index is 12.0. The second-order valence-electron chi connectivity index (χ2n) is 4.27. The number of halogens is 1. The van der Waals surface area contributed by atoms with Crippen molar-refractivity contribution in [2.75, 3.05) is 0 Å². The fourth-order valence-corrected chi connectivity index (χ4v) is 1.86. The molecule has 0 aliphatic carbocycles. The van der Waals surface area contributed by atoms with Gasteiger partial charge in [-0.3, -0.25) is 9.59 Å². The predicted octanol–water partition coefficient (Wildman–Crippen LogP) is 2.20. The Hall–Kier alpha value is -2.27. The first-order valence-corrected chi connectivity index (χ1v) is 6.27. The monoisotopic (exact) mass is 292 g/mol. The van der Waals surface area contributed by atoms with Crippen molar-refractivity contribution in [2.45, 2.75) is 13.0 Å². The first-order valence-electron chi connectivity index (χ1n) is 5.89. The summed E-state index contributed by atoms with van der Waals surface area (Å²) in [5.74, 6) is -0.430. The fourth-order valence-electron chi connectivity index (χ4n) is 1.73.